The predicted molar refractivity (Wildman–Crippen MR) is 65.8 cm³/mol. The topological polar surface area (TPSA) is 27.1 Å². The maximum absolute atomic E-state index is 7.40. The Hall–Kier alpha value is -0.790. The zero-order valence-corrected chi connectivity index (χ0v) is 10.3. The lowest BCUT2D eigenvalue weighted by atomic mass is 10.1. The van der Waals surface area contributed by atoms with Gasteiger partial charge in [0.05, 0.1) is 5.84 Å². The molecule has 0 bridgehead atoms. The van der Waals surface area contributed by atoms with Gasteiger partial charge in [-0.05, 0) is 19.0 Å². The highest BCUT2D eigenvalue weighted by molar-refractivity contribution is 5.80. The van der Waals surface area contributed by atoms with Crippen molar-refractivity contribution in [3.05, 3.63) is 12.8 Å². The van der Waals surface area contributed by atoms with Gasteiger partial charge in [-0.3, -0.25) is 5.41 Å². The normalized spacial score (nSPS) is 14.6. The van der Waals surface area contributed by atoms with Crippen LogP contribution in [-0.2, 0) is 0 Å². The molecule has 0 aromatic rings. The Morgan fingerprint density at radius 2 is 1.86 bits per heavy atom. The molecule has 0 aromatic heterocycles. The Kier molecular flexibility index (Phi) is 13.7. The first-order valence-corrected chi connectivity index (χ1v) is 5.72. The van der Waals surface area contributed by atoms with Gasteiger partial charge in [0.25, 0.3) is 0 Å². The molecule has 1 aliphatic rings. The van der Waals surface area contributed by atoms with Crippen LogP contribution in [0.15, 0.2) is 12.8 Å². The number of likely N-dealkylation sites (tertiary alicyclic amines) is 1. The summed E-state index contributed by atoms with van der Waals surface area (Å²) in [6.07, 6.45) is 6.28. The highest BCUT2D eigenvalue weighted by Crippen LogP contribution is 2.09. The van der Waals surface area contributed by atoms with E-state index in [-0.39, 0.29) is 0 Å². The number of hydrogen-bond acceptors (Lipinski definition) is 1. The van der Waals surface area contributed by atoms with E-state index < -0.39 is 0 Å². The Labute approximate surface area is 89.5 Å². The molecular formula is C12H26N2. The zero-order chi connectivity index (χ0) is 11.4. The molecule has 0 spiro atoms. The summed E-state index contributed by atoms with van der Waals surface area (Å²) >= 11 is 0. The van der Waals surface area contributed by atoms with E-state index in [0.717, 1.165) is 18.8 Å². The van der Waals surface area contributed by atoms with Crippen molar-refractivity contribution in [3.63, 3.8) is 0 Å². The molecule has 0 aromatic carbocycles. The monoisotopic (exact) mass is 198 g/mol. The molecule has 0 saturated carbocycles. The minimum absolute atomic E-state index is 0.719. The van der Waals surface area contributed by atoms with E-state index in [4.69, 9.17) is 5.41 Å². The Balaban J connectivity index is 0. The smallest absolute Gasteiger partial charge is 0.0997 e. The Morgan fingerprint density at radius 3 is 2.14 bits per heavy atom. The van der Waals surface area contributed by atoms with Gasteiger partial charge in [0.2, 0.25) is 0 Å². The molecule has 0 unspecified atom stereocenters. The predicted octanol–water partition coefficient (Wildman–Crippen LogP) is 4.04. The van der Waals surface area contributed by atoms with Crippen LogP contribution in [0.2, 0.25) is 0 Å². The van der Waals surface area contributed by atoms with Crippen LogP contribution in [0.4, 0.5) is 0 Å². The van der Waals surface area contributed by atoms with Crippen LogP contribution in [0.1, 0.15) is 53.4 Å². The highest BCUT2D eigenvalue weighted by atomic mass is 15.1. The molecule has 1 heterocycles. The second kappa shape index (κ2) is 12.2. The van der Waals surface area contributed by atoms with Crippen LogP contribution >= 0.6 is 0 Å². The summed E-state index contributed by atoms with van der Waals surface area (Å²) in [5.74, 6) is 0.719. The third-order valence-corrected chi connectivity index (χ3v) is 1.63. The summed E-state index contributed by atoms with van der Waals surface area (Å²) < 4.78 is 0. The fourth-order valence-electron chi connectivity index (χ4n) is 1.05. The SMILES string of the molecule is C=CN1CCCCC1=N.CC.CCC. The number of nitrogens with one attached hydrogen (secondary N) is 1. The summed E-state index contributed by atoms with van der Waals surface area (Å²) in [5.41, 5.74) is 0. The van der Waals surface area contributed by atoms with Crippen molar-refractivity contribution in [2.45, 2.75) is 53.4 Å². The van der Waals surface area contributed by atoms with E-state index in [1.54, 1.807) is 6.20 Å². The zero-order valence-electron chi connectivity index (χ0n) is 10.3. The van der Waals surface area contributed by atoms with Gasteiger partial charge in [-0.25, -0.2) is 0 Å². The number of amidine groups is 1. The third-order valence-electron chi connectivity index (χ3n) is 1.63. The molecule has 2 heteroatoms. The summed E-state index contributed by atoms with van der Waals surface area (Å²) in [5, 5.41) is 7.40. The van der Waals surface area contributed by atoms with Gasteiger partial charge in [-0.15, -0.1) is 0 Å². The molecule has 1 aliphatic heterocycles. The van der Waals surface area contributed by atoms with Gasteiger partial charge in [0.15, 0.2) is 0 Å². The molecule has 1 N–H and O–H groups in total. The standard InChI is InChI=1S/C7H12N2.C3H8.C2H6/c1-2-9-6-4-3-5-7(9)8;1-3-2;1-2/h2,8H,1,3-6H2;3H2,1-2H3;1-2H3. The van der Waals surface area contributed by atoms with Crippen LogP contribution in [-0.4, -0.2) is 17.3 Å². The average Bonchev–Trinajstić information content (AvgIpc) is 2.23. The lowest BCUT2D eigenvalue weighted by Crippen LogP contribution is -2.29. The van der Waals surface area contributed by atoms with Gasteiger partial charge in [0.1, 0.15) is 0 Å². The van der Waals surface area contributed by atoms with E-state index >= 15 is 0 Å². The second-order valence-corrected chi connectivity index (χ2v) is 2.99. The van der Waals surface area contributed by atoms with Gasteiger partial charge in [0, 0.05) is 13.0 Å². The Bertz CT molecular complexity index is 141. The molecule has 0 amide bonds. The van der Waals surface area contributed by atoms with Crippen molar-refractivity contribution in [2.24, 2.45) is 0 Å². The van der Waals surface area contributed by atoms with Gasteiger partial charge >= 0.3 is 0 Å². The minimum Gasteiger partial charge on any atom is -0.338 e. The number of rotatable bonds is 1. The first kappa shape index (κ1) is 15.7. The van der Waals surface area contributed by atoms with E-state index in [9.17, 15) is 0 Å². The lowest BCUT2D eigenvalue weighted by Gasteiger charge is -2.24. The lowest BCUT2D eigenvalue weighted by molar-refractivity contribution is 0.468. The molecule has 84 valence electrons. The maximum Gasteiger partial charge on any atom is 0.0997 e. The summed E-state index contributed by atoms with van der Waals surface area (Å²) in [4.78, 5) is 1.91. The average molecular weight is 198 g/mol. The molecule has 0 atom stereocenters. The van der Waals surface area contributed by atoms with E-state index in [2.05, 4.69) is 20.4 Å². The van der Waals surface area contributed by atoms with Crippen LogP contribution in [0.5, 0.6) is 0 Å². The van der Waals surface area contributed by atoms with Crippen molar-refractivity contribution in [1.29, 1.82) is 5.41 Å². The fraction of sp³-hybridized carbons (Fsp3) is 0.750. The van der Waals surface area contributed by atoms with Crippen molar-refractivity contribution < 1.29 is 0 Å². The molecule has 1 saturated heterocycles. The summed E-state index contributed by atoms with van der Waals surface area (Å²) in [6, 6.07) is 0. The van der Waals surface area contributed by atoms with Crippen LogP contribution in [0, 0.1) is 5.41 Å². The number of hydrogen-bond donors (Lipinski definition) is 1. The largest absolute Gasteiger partial charge is 0.338 e. The molecule has 1 rings (SSSR count). The van der Waals surface area contributed by atoms with Gasteiger partial charge in [-0.2, -0.15) is 0 Å². The quantitative estimate of drug-likeness (QED) is 0.676. The van der Waals surface area contributed by atoms with Gasteiger partial charge in [-0.1, -0.05) is 40.7 Å². The van der Waals surface area contributed by atoms with E-state index in [1.807, 2.05) is 18.7 Å². The number of nitrogens with zero attached hydrogens (tertiary/aromatic N) is 1. The second-order valence-electron chi connectivity index (χ2n) is 2.99. The van der Waals surface area contributed by atoms with E-state index in [1.165, 1.54) is 19.3 Å². The third kappa shape index (κ3) is 7.84. The van der Waals surface area contributed by atoms with Crippen LogP contribution in [0.3, 0.4) is 0 Å². The van der Waals surface area contributed by atoms with Crippen molar-refractivity contribution in [1.82, 2.24) is 4.90 Å². The first-order valence-electron chi connectivity index (χ1n) is 5.72. The fourth-order valence-corrected chi connectivity index (χ4v) is 1.05. The molecule has 2 nitrogen and oxygen atoms in total. The Morgan fingerprint density at radius 1 is 1.36 bits per heavy atom. The summed E-state index contributed by atoms with van der Waals surface area (Å²) in [6.45, 7) is 12.9. The van der Waals surface area contributed by atoms with Crippen molar-refractivity contribution in [3.8, 4) is 0 Å². The molecule has 0 radical (unpaired) electrons. The van der Waals surface area contributed by atoms with Crippen molar-refractivity contribution in [2.75, 3.05) is 6.54 Å². The molecular weight excluding hydrogens is 172 g/mol. The molecule has 1 fully saturated rings. The summed E-state index contributed by atoms with van der Waals surface area (Å²) in [7, 11) is 0. The number of piperidine rings is 1. The minimum atomic E-state index is 0.719. The van der Waals surface area contributed by atoms with Crippen LogP contribution < -0.4 is 0 Å². The molecule has 0 aliphatic carbocycles. The van der Waals surface area contributed by atoms with Crippen LogP contribution in [0.25, 0.3) is 0 Å². The highest BCUT2D eigenvalue weighted by Gasteiger charge is 2.10. The first-order chi connectivity index (χ1) is 6.76. The van der Waals surface area contributed by atoms with Crippen molar-refractivity contribution >= 4 is 5.84 Å². The molecule has 14 heavy (non-hydrogen) atoms. The van der Waals surface area contributed by atoms with Gasteiger partial charge < -0.3 is 4.90 Å². The van der Waals surface area contributed by atoms with E-state index in [0.29, 0.717) is 0 Å². The maximum atomic E-state index is 7.40.